The summed E-state index contributed by atoms with van der Waals surface area (Å²) in [5.74, 6) is -0.486. The minimum atomic E-state index is -0.521. The summed E-state index contributed by atoms with van der Waals surface area (Å²) in [5.41, 5.74) is 0.0979. The Hall–Kier alpha value is -0.960. The molecule has 0 saturated heterocycles. The lowest BCUT2D eigenvalue weighted by Gasteiger charge is -2.23. The van der Waals surface area contributed by atoms with Gasteiger partial charge in [0, 0.05) is 25.2 Å². The van der Waals surface area contributed by atoms with Crippen molar-refractivity contribution in [2.75, 3.05) is 24.6 Å². The lowest BCUT2D eigenvalue weighted by molar-refractivity contribution is -0.384. The van der Waals surface area contributed by atoms with Crippen molar-refractivity contribution >= 4 is 34.0 Å². The lowest BCUT2D eigenvalue weighted by atomic mass is 10.2. The molecule has 7 heteroatoms. The third-order valence-corrected chi connectivity index (χ3v) is 3.53. The van der Waals surface area contributed by atoms with Crippen LogP contribution in [0.1, 0.15) is 19.8 Å². The number of hydrogen-bond donors (Lipinski definition) is 1. The molecule has 0 atom stereocenters. The molecule has 5 nitrogen and oxygen atoms in total. The zero-order valence-corrected chi connectivity index (χ0v) is 12.8. The SMILES string of the molecule is CCCCN(CCO)c1cc(F)c(I)cc1[N+](=O)[O-]. The number of aliphatic hydroxyl groups is 1. The Kier molecular flexibility index (Phi) is 6.43. The summed E-state index contributed by atoms with van der Waals surface area (Å²) in [5, 5.41) is 20.1. The van der Waals surface area contributed by atoms with E-state index in [1.54, 1.807) is 27.5 Å². The average molecular weight is 382 g/mol. The van der Waals surface area contributed by atoms with Crippen molar-refractivity contribution in [1.29, 1.82) is 0 Å². The molecule has 1 N–H and O–H groups in total. The molecule has 1 rings (SSSR count). The molecule has 0 aliphatic heterocycles. The van der Waals surface area contributed by atoms with Gasteiger partial charge in [-0.25, -0.2) is 4.39 Å². The first kappa shape index (κ1) is 16.1. The summed E-state index contributed by atoms with van der Waals surface area (Å²) in [4.78, 5) is 12.2. The standard InChI is InChI=1S/C12H16FIN2O3/c1-2-3-4-15(5-6-17)11-7-9(13)10(14)8-12(11)16(18)19/h7-8,17H,2-6H2,1H3. The lowest BCUT2D eigenvalue weighted by Crippen LogP contribution is -2.28. The number of anilines is 1. The highest BCUT2D eigenvalue weighted by atomic mass is 127. The third-order valence-electron chi connectivity index (χ3n) is 2.71. The Morgan fingerprint density at radius 2 is 2.16 bits per heavy atom. The molecule has 0 heterocycles. The molecule has 0 aliphatic rings. The number of unbranched alkanes of at least 4 members (excludes halogenated alkanes) is 1. The molecule has 0 radical (unpaired) electrons. The number of halogens is 2. The Morgan fingerprint density at radius 1 is 1.47 bits per heavy atom. The molecule has 19 heavy (non-hydrogen) atoms. The minimum absolute atomic E-state index is 0.129. The van der Waals surface area contributed by atoms with Crippen LogP contribution in [0.3, 0.4) is 0 Å². The fourth-order valence-corrected chi connectivity index (χ4v) is 2.20. The Labute approximate surface area is 124 Å². The molecule has 0 aliphatic carbocycles. The van der Waals surface area contributed by atoms with Crippen molar-refractivity contribution < 1.29 is 14.4 Å². The van der Waals surface area contributed by atoms with E-state index >= 15 is 0 Å². The van der Waals surface area contributed by atoms with Gasteiger partial charge in [0.1, 0.15) is 11.5 Å². The van der Waals surface area contributed by atoms with Gasteiger partial charge in [-0.2, -0.15) is 0 Å². The van der Waals surface area contributed by atoms with Crippen LogP contribution >= 0.6 is 22.6 Å². The molecular weight excluding hydrogens is 366 g/mol. The quantitative estimate of drug-likeness (QED) is 0.448. The van der Waals surface area contributed by atoms with Gasteiger partial charge in [-0.3, -0.25) is 10.1 Å². The smallest absolute Gasteiger partial charge is 0.293 e. The maximum atomic E-state index is 13.6. The molecule has 0 saturated carbocycles. The highest BCUT2D eigenvalue weighted by Crippen LogP contribution is 2.31. The zero-order valence-electron chi connectivity index (χ0n) is 10.6. The summed E-state index contributed by atoms with van der Waals surface area (Å²) in [6, 6.07) is 2.40. The topological polar surface area (TPSA) is 66.6 Å². The van der Waals surface area contributed by atoms with E-state index in [0.717, 1.165) is 12.8 Å². The molecular formula is C12H16FIN2O3. The zero-order chi connectivity index (χ0) is 14.4. The van der Waals surface area contributed by atoms with Crippen LogP contribution in [0, 0.1) is 19.5 Å². The monoisotopic (exact) mass is 382 g/mol. The molecule has 0 amide bonds. The van der Waals surface area contributed by atoms with Gasteiger partial charge in [-0.05, 0) is 29.0 Å². The Bertz CT molecular complexity index is 457. The first-order valence-corrected chi connectivity index (χ1v) is 7.08. The number of rotatable bonds is 7. The van der Waals surface area contributed by atoms with Gasteiger partial charge in [-0.15, -0.1) is 0 Å². The van der Waals surface area contributed by atoms with Gasteiger partial charge in [-0.1, -0.05) is 13.3 Å². The van der Waals surface area contributed by atoms with Crippen LogP contribution in [-0.2, 0) is 0 Å². The maximum absolute atomic E-state index is 13.6. The molecule has 0 bridgehead atoms. The van der Waals surface area contributed by atoms with Crippen LogP contribution in [0.15, 0.2) is 12.1 Å². The number of hydrogen-bond acceptors (Lipinski definition) is 4. The highest BCUT2D eigenvalue weighted by molar-refractivity contribution is 14.1. The van der Waals surface area contributed by atoms with Crippen molar-refractivity contribution in [3.8, 4) is 0 Å². The van der Waals surface area contributed by atoms with Crippen LogP contribution in [0.4, 0.5) is 15.8 Å². The number of aliphatic hydroxyl groups excluding tert-OH is 1. The van der Waals surface area contributed by atoms with E-state index in [9.17, 15) is 14.5 Å². The maximum Gasteiger partial charge on any atom is 0.293 e. The first-order chi connectivity index (χ1) is 9.01. The normalized spacial score (nSPS) is 10.5. The molecule has 0 fully saturated rings. The number of nitro benzene ring substituents is 1. The summed E-state index contributed by atoms with van der Waals surface area (Å²) in [6.45, 7) is 2.67. The van der Waals surface area contributed by atoms with Gasteiger partial charge in [0.25, 0.3) is 5.69 Å². The summed E-state index contributed by atoms with van der Waals surface area (Å²) in [7, 11) is 0. The second-order valence-corrected chi connectivity index (χ2v) is 5.24. The summed E-state index contributed by atoms with van der Waals surface area (Å²) in [6.07, 6.45) is 1.74. The second kappa shape index (κ2) is 7.59. The van der Waals surface area contributed by atoms with Gasteiger partial charge in [0.15, 0.2) is 0 Å². The van der Waals surface area contributed by atoms with E-state index in [4.69, 9.17) is 5.11 Å². The van der Waals surface area contributed by atoms with Gasteiger partial charge < -0.3 is 10.0 Å². The fourth-order valence-electron chi connectivity index (χ4n) is 1.75. The number of nitro groups is 1. The average Bonchev–Trinajstić information content (AvgIpc) is 2.37. The summed E-state index contributed by atoms with van der Waals surface area (Å²) >= 11 is 1.73. The van der Waals surface area contributed by atoms with Crippen LogP contribution in [0.2, 0.25) is 0 Å². The molecule has 0 spiro atoms. The second-order valence-electron chi connectivity index (χ2n) is 4.08. The Balaban J connectivity index is 3.19. The predicted octanol–water partition coefficient (Wildman–Crippen LogP) is 2.94. The molecule has 1 aromatic carbocycles. The van der Waals surface area contributed by atoms with Gasteiger partial charge >= 0.3 is 0 Å². The van der Waals surface area contributed by atoms with Crippen molar-refractivity contribution in [2.24, 2.45) is 0 Å². The van der Waals surface area contributed by atoms with Crippen LogP contribution in [0.25, 0.3) is 0 Å². The van der Waals surface area contributed by atoms with Crippen molar-refractivity contribution in [3.05, 3.63) is 31.6 Å². The van der Waals surface area contributed by atoms with Crippen molar-refractivity contribution in [3.63, 3.8) is 0 Å². The largest absolute Gasteiger partial charge is 0.395 e. The first-order valence-electron chi connectivity index (χ1n) is 6.00. The third kappa shape index (κ3) is 4.27. The number of benzene rings is 1. The van der Waals surface area contributed by atoms with E-state index in [2.05, 4.69) is 0 Å². The van der Waals surface area contributed by atoms with E-state index in [0.29, 0.717) is 6.54 Å². The fraction of sp³-hybridized carbons (Fsp3) is 0.500. The van der Waals surface area contributed by atoms with Gasteiger partial charge in [0.05, 0.1) is 15.1 Å². The minimum Gasteiger partial charge on any atom is -0.395 e. The summed E-state index contributed by atoms with van der Waals surface area (Å²) < 4.78 is 13.8. The van der Waals surface area contributed by atoms with Crippen LogP contribution < -0.4 is 4.90 Å². The molecule has 106 valence electrons. The number of nitrogens with zero attached hydrogens (tertiary/aromatic N) is 2. The van der Waals surface area contributed by atoms with E-state index < -0.39 is 10.7 Å². The molecule has 0 unspecified atom stereocenters. The van der Waals surface area contributed by atoms with Crippen LogP contribution in [0.5, 0.6) is 0 Å². The van der Waals surface area contributed by atoms with Crippen LogP contribution in [-0.4, -0.2) is 29.7 Å². The molecule has 1 aromatic rings. The van der Waals surface area contributed by atoms with Crippen molar-refractivity contribution in [2.45, 2.75) is 19.8 Å². The molecule has 0 aromatic heterocycles. The van der Waals surface area contributed by atoms with Crippen molar-refractivity contribution in [1.82, 2.24) is 0 Å². The highest BCUT2D eigenvalue weighted by Gasteiger charge is 2.21. The van der Waals surface area contributed by atoms with E-state index in [1.165, 1.54) is 12.1 Å². The van der Waals surface area contributed by atoms with E-state index in [-0.39, 0.29) is 28.1 Å². The predicted molar refractivity (Wildman–Crippen MR) is 80.0 cm³/mol. The van der Waals surface area contributed by atoms with Gasteiger partial charge in [0.2, 0.25) is 0 Å². The Morgan fingerprint density at radius 3 is 2.68 bits per heavy atom. The van der Waals surface area contributed by atoms with E-state index in [1.807, 2.05) is 6.92 Å².